The van der Waals surface area contributed by atoms with Crippen LogP contribution < -0.4 is 5.32 Å². The molecule has 0 spiro atoms. The van der Waals surface area contributed by atoms with E-state index in [0.717, 1.165) is 24.2 Å². The van der Waals surface area contributed by atoms with E-state index in [1.54, 1.807) is 12.4 Å². The summed E-state index contributed by atoms with van der Waals surface area (Å²) in [5, 5.41) is 12.5. The molecule has 26 heavy (non-hydrogen) atoms. The van der Waals surface area contributed by atoms with Gasteiger partial charge in [0.05, 0.1) is 30.3 Å². The SMILES string of the molecule is Cc1cc(C#N)nc(N[C@@H]2CCC(=O)N(C3CC3)[C@H]2c2cncn2C)n1. The molecule has 1 N–H and O–H groups in total. The number of nitrogens with zero attached hydrogens (tertiary/aromatic N) is 6. The summed E-state index contributed by atoms with van der Waals surface area (Å²) in [6, 6.07) is 3.88. The number of aryl methyl sites for hydroxylation is 2. The average Bonchev–Trinajstić information content (AvgIpc) is 3.36. The van der Waals surface area contributed by atoms with Gasteiger partial charge < -0.3 is 14.8 Å². The number of nitriles is 1. The predicted octanol–water partition coefficient (Wildman–Crippen LogP) is 1.70. The van der Waals surface area contributed by atoms with E-state index in [4.69, 9.17) is 5.26 Å². The van der Waals surface area contributed by atoms with Gasteiger partial charge in [0.15, 0.2) is 0 Å². The first-order chi connectivity index (χ1) is 12.6. The lowest BCUT2D eigenvalue weighted by atomic mass is 9.93. The minimum Gasteiger partial charge on any atom is -0.349 e. The van der Waals surface area contributed by atoms with Crippen LogP contribution in [0.15, 0.2) is 18.6 Å². The Bertz CT molecular complexity index is 880. The maximum Gasteiger partial charge on any atom is 0.224 e. The van der Waals surface area contributed by atoms with Crippen LogP contribution in [0.3, 0.4) is 0 Å². The fourth-order valence-electron chi connectivity index (χ4n) is 3.71. The number of piperidine rings is 1. The van der Waals surface area contributed by atoms with Crippen LogP contribution in [0.4, 0.5) is 5.95 Å². The zero-order valence-corrected chi connectivity index (χ0v) is 14.9. The van der Waals surface area contributed by atoms with Crippen LogP contribution in [0, 0.1) is 18.3 Å². The van der Waals surface area contributed by atoms with Crippen molar-refractivity contribution in [3.8, 4) is 6.07 Å². The zero-order chi connectivity index (χ0) is 18.3. The molecule has 8 nitrogen and oxygen atoms in total. The van der Waals surface area contributed by atoms with Crippen molar-refractivity contribution in [3.05, 3.63) is 35.7 Å². The largest absolute Gasteiger partial charge is 0.349 e. The van der Waals surface area contributed by atoms with Crippen LogP contribution in [0.5, 0.6) is 0 Å². The average molecular weight is 351 g/mol. The lowest BCUT2D eigenvalue weighted by Gasteiger charge is -2.41. The lowest BCUT2D eigenvalue weighted by Crippen LogP contribution is -2.50. The molecule has 1 saturated heterocycles. The van der Waals surface area contributed by atoms with Crippen molar-refractivity contribution in [1.29, 1.82) is 5.26 Å². The molecule has 3 heterocycles. The topological polar surface area (TPSA) is 99.7 Å². The molecule has 8 heteroatoms. The maximum atomic E-state index is 12.6. The van der Waals surface area contributed by atoms with E-state index in [1.807, 2.05) is 29.6 Å². The number of hydrogen-bond donors (Lipinski definition) is 1. The van der Waals surface area contributed by atoms with Crippen molar-refractivity contribution < 1.29 is 4.79 Å². The molecule has 134 valence electrons. The van der Waals surface area contributed by atoms with Gasteiger partial charge in [-0.25, -0.2) is 15.0 Å². The van der Waals surface area contributed by atoms with E-state index in [1.165, 1.54) is 0 Å². The Morgan fingerprint density at radius 1 is 1.31 bits per heavy atom. The summed E-state index contributed by atoms with van der Waals surface area (Å²) in [6.07, 6.45) is 6.87. The van der Waals surface area contributed by atoms with Gasteiger partial charge in [0, 0.05) is 25.2 Å². The van der Waals surface area contributed by atoms with E-state index in [-0.39, 0.29) is 18.0 Å². The molecule has 2 atom stereocenters. The smallest absolute Gasteiger partial charge is 0.224 e. The van der Waals surface area contributed by atoms with E-state index in [2.05, 4.69) is 26.3 Å². The van der Waals surface area contributed by atoms with Crippen molar-refractivity contribution in [1.82, 2.24) is 24.4 Å². The normalized spacial score (nSPS) is 23.0. The number of imidazole rings is 1. The van der Waals surface area contributed by atoms with Gasteiger partial charge in [-0.2, -0.15) is 5.26 Å². The Kier molecular flexibility index (Phi) is 4.07. The van der Waals surface area contributed by atoms with Crippen molar-refractivity contribution in [2.24, 2.45) is 7.05 Å². The number of carbonyl (C=O) groups excluding carboxylic acids is 1. The molecule has 0 aromatic carbocycles. The second-order valence-electron chi connectivity index (χ2n) is 7.03. The van der Waals surface area contributed by atoms with Crippen molar-refractivity contribution in [2.75, 3.05) is 5.32 Å². The molecule has 1 aliphatic heterocycles. The standard InChI is InChI=1S/C18H21N7O/c1-11-7-12(8-19)22-18(21-11)23-14-5-6-16(26)25(13-3-4-13)17(14)15-9-20-10-24(15)2/h7,9-10,13-14,17H,3-6H2,1-2H3,(H,21,22,23)/t14-,17-/m1/s1. The van der Waals surface area contributed by atoms with Crippen LogP contribution in [0.2, 0.25) is 0 Å². The molecular formula is C18H21N7O. The molecule has 4 rings (SSSR count). The number of carbonyl (C=O) groups is 1. The fourth-order valence-corrected chi connectivity index (χ4v) is 3.71. The lowest BCUT2D eigenvalue weighted by molar-refractivity contribution is -0.138. The van der Waals surface area contributed by atoms with E-state index >= 15 is 0 Å². The van der Waals surface area contributed by atoms with Crippen LogP contribution in [0.1, 0.15) is 48.8 Å². The van der Waals surface area contributed by atoms with Gasteiger partial charge in [-0.05, 0) is 32.3 Å². The summed E-state index contributed by atoms with van der Waals surface area (Å²) < 4.78 is 1.96. The highest BCUT2D eigenvalue weighted by atomic mass is 16.2. The number of hydrogen-bond acceptors (Lipinski definition) is 6. The van der Waals surface area contributed by atoms with Crippen molar-refractivity contribution >= 4 is 11.9 Å². The van der Waals surface area contributed by atoms with Crippen LogP contribution in [-0.2, 0) is 11.8 Å². The van der Waals surface area contributed by atoms with Gasteiger partial charge >= 0.3 is 0 Å². The first-order valence-corrected chi connectivity index (χ1v) is 8.86. The Labute approximate surface area is 151 Å². The number of aromatic nitrogens is 4. The number of likely N-dealkylation sites (tertiary alicyclic amines) is 1. The number of anilines is 1. The third-order valence-corrected chi connectivity index (χ3v) is 5.02. The Hall–Kier alpha value is -2.95. The van der Waals surface area contributed by atoms with Gasteiger partial charge in [-0.3, -0.25) is 4.79 Å². The third-order valence-electron chi connectivity index (χ3n) is 5.02. The summed E-state index contributed by atoms with van der Waals surface area (Å²) in [4.78, 5) is 27.6. The molecule has 0 unspecified atom stereocenters. The van der Waals surface area contributed by atoms with Crippen molar-refractivity contribution in [3.63, 3.8) is 0 Å². The minimum atomic E-state index is -0.120. The molecule has 2 aromatic heterocycles. The van der Waals surface area contributed by atoms with Gasteiger partial charge in [0.2, 0.25) is 11.9 Å². The Balaban J connectivity index is 1.69. The second-order valence-corrected chi connectivity index (χ2v) is 7.03. The van der Waals surface area contributed by atoms with Gasteiger partial charge in [0.25, 0.3) is 0 Å². The fraction of sp³-hybridized carbons (Fsp3) is 0.500. The van der Waals surface area contributed by atoms with Crippen LogP contribution in [0.25, 0.3) is 0 Å². The predicted molar refractivity (Wildman–Crippen MR) is 93.9 cm³/mol. The highest BCUT2D eigenvalue weighted by Crippen LogP contribution is 2.41. The van der Waals surface area contributed by atoms with Gasteiger partial charge in [-0.1, -0.05) is 0 Å². The number of rotatable bonds is 4. The first kappa shape index (κ1) is 16.5. The monoisotopic (exact) mass is 351 g/mol. The molecule has 2 aliphatic rings. The number of nitrogens with one attached hydrogen (secondary N) is 1. The molecule has 1 aliphatic carbocycles. The van der Waals surface area contributed by atoms with Gasteiger partial charge in [-0.15, -0.1) is 0 Å². The van der Waals surface area contributed by atoms with Gasteiger partial charge in [0.1, 0.15) is 11.8 Å². The molecule has 0 bridgehead atoms. The summed E-state index contributed by atoms with van der Waals surface area (Å²) in [6.45, 7) is 1.84. The Morgan fingerprint density at radius 3 is 2.77 bits per heavy atom. The molecule has 1 saturated carbocycles. The Morgan fingerprint density at radius 2 is 2.12 bits per heavy atom. The third kappa shape index (κ3) is 3.01. The number of amides is 1. The molecule has 1 amide bonds. The highest BCUT2D eigenvalue weighted by Gasteiger charge is 2.45. The minimum absolute atomic E-state index is 0.0305. The van der Waals surface area contributed by atoms with E-state index < -0.39 is 0 Å². The van der Waals surface area contributed by atoms with E-state index in [9.17, 15) is 4.79 Å². The molecule has 2 aromatic rings. The summed E-state index contributed by atoms with van der Waals surface area (Å²) in [5.41, 5.74) is 2.07. The quantitative estimate of drug-likeness (QED) is 0.900. The van der Waals surface area contributed by atoms with Crippen LogP contribution in [-0.4, -0.2) is 42.4 Å². The summed E-state index contributed by atoms with van der Waals surface area (Å²) >= 11 is 0. The highest BCUT2D eigenvalue weighted by molar-refractivity contribution is 5.78. The molecule has 2 fully saturated rings. The first-order valence-electron chi connectivity index (χ1n) is 8.86. The second kappa shape index (κ2) is 6.41. The molecular weight excluding hydrogens is 330 g/mol. The maximum absolute atomic E-state index is 12.6. The summed E-state index contributed by atoms with van der Waals surface area (Å²) in [7, 11) is 1.94. The molecule has 0 radical (unpaired) electrons. The van der Waals surface area contributed by atoms with E-state index in [0.29, 0.717) is 30.5 Å². The van der Waals surface area contributed by atoms with Crippen LogP contribution >= 0.6 is 0 Å². The zero-order valence-electron chi connectivity index (χ0n) is 14.9. The summed E-state index contributed by atoms with van der Waals surface area (Å²) in [5.74, 6) is 0.628. The van der Waals surface area contributed by atoms with Crippen molar-refractivity contribution in [2.45, 2.75) is 50.7 Å².